The molecule has 0 amide bonds. The lowest BCUT2D eigenvalue weighted by Gasteiger charge is -2.17. The van der Waals surface area contributed by atoms with E-state index in [0.29, 0.717) is 10.9 Å². The Balaban J connectivity index is 2.51. The Bertz CT molecular complexity index is 1010. The van der Waals surface area contributed by atoms with Crippen LogP contribution in [-0.2, 0) is 0 Å². The highest BCUT2D eigenvalue weighted by Gasteiger charge is 2.26. The largest absolute Gasteiger partial charge is 0.478 e. The average molecular weight is 364 g/mol. The fourth-order valence-electron chi connectivity index (χ4n) is 2.76. The Morgan fingerprint density at radius 1 is 1.20 bits per heavy atom. The van der Waals surface area contributed by atoms with Crippen LogP contribution in [0.15, 0.2) is 24.4 Å². The summed E-state index contributed by atoms with van der Waals surface area (Å²) in [5.74, 6) is -2.93. The average Bonchev–Trinajstić information content (AvgIpc) is 2.54. The zero-order valence-corrected chi connectivity index (χ0v) is 14.0. The van der Waals surface area contributed by atoms with Crippen LogP contribution in [-0.4, -0.2) is 26.0 Å². The van der Waals surface area contributed by atoms with E-state index in [0.717, 1.165) is 12.3 Å². The number of nitrogens with zero attached hydrogens (tertiary/aromatic N) is 3. The summed E-state index contributed by atoms with van der Waals surface area (Å²) in [7, 11) is 0. The summed E-state index contributed by atoms with van der Waals surface area (Å²) >= 11 is 5.72. The van der Waals surface area contributed by atoms with Gasteiger partial charge in [-0.05, 0) is 35.2 Å². The predicted molar refractivity (Wildman–Crippen MR) is 88.7 cm³/mol. The minimum atomic E-state index is -1.29. The molecule has 128 valence electrons. The van der Waals surface area contributed by atoms with Gasteiger partial charge < -0.3 is 5.11 Å². The molecule has 25 heavy (non-hydrogen) atoms. The first-order valence-corrected chi connectivity index (χ1v) is 7.72. The Morgan fingerprint density at radius 2 is 1.92 bits per heavy atom. The number of benzene rings is 1. The molecule has 0 saturated carbocycles. The monoisotopic (exact) mass is 363 g/mol. The molecule has 0 atom stereocenters. The highest BCUT2D eigenvalue weighted by molar-refractivity contribution is 6.28. The minimum absolute atomic E-state index is 0.192. The smallest absolute Gasteiger partial charge is 0.338 e. The first kappa shape index (κ1) is 17.2. The van der Waals surface area contributed by atoms with Crippen LogP contribution in [0.3, 0.4) is 0 Å². The summed E-state index contributed by atoms with van der Waals surface area (Å²) in [5, 5.41) is 9.95. The molecule has 2 heterocycles. The molecule has 1 aromatic carbocycles. The van der Waals surface area contributed by atoms with Gasteiger partial charge in [0.2, 0.25) is 5.28 Å². The number of rotatable bonds is 3. The molecule has 0 fully saturated rings. The molecule has 0 aliphatic carbocycles. The second kappa shape index (κ2) is 6.33. The van der Waals surface area contributed by atoms with Gasteiger partial charge >= 0.3 is 5.97 Å². The molecular formula is C17H12ClF2N3O2. The van der Waals surface area contributed by atoms with E-state index in [9.17, 15) is 18.7 Å². The van der Waals surface area contributed by atoms with Gasteiger partial charge in [-0.2, -0.15) is 0 Å². The molecule has 0 bridgehead atoms. The summed E-state index contributed by atoms with van der Waals surface area (Å²) in [5.41, 5.74) is -0.121. The van der Waals surface area contributed by atoms with Gasteiger partial charge in [-0.1, -0.05) is 13.8 Å². The van der Waals surface area contributed by atoms with E-state index >= 15 is 0 Å². The van der Waals surface area contributed by atoms with E-state index in [-0.39, 0.29) is 33.7 Å². The number of hydrogen-bond acceptors (Lipinski definition) is 4. The van der Waals surface area contributed by atoms with Crippen LogP contribution in [0.1, 0.15) is 35.7 Å². The molecule has 2 aromatic heterocycles. The minimum Gasteiger partial charge on any atom is -0.478 e. The number of aromatic nitrogens is 3. The Morgan fingerprint density at radius 3 is 2.56 bits per heavy atom. The van der Waals surface area contributed by atoms with Crippen LogP contribution in [0.25, 0.3) is 22.3 Å². The molecule has 0 aliphatic heterocycles. The van der Waals surface area contributed by atoms with Gasteiger partial charge in [-0.25, -0.2) is 28.5 Å². The maximum atomic E-state index is 14.2. The van der Waals surface area contributed by atoms with Gasteiger partial charge in [0.25, 0.3) is 0 Å². The molecule has 8 heteroatoms. The van der Waals surface area contributed by atoms with Gasteiger partial charge in [0.1, 0.15) is 17.2 Å². The van der Waals surface area contributed by atoms with Gasteiger partial charge in [-0.15, -0.1) is 0 Å². The van der Waals surface area contributed by atoms with Crippen LogP contribution < -0.4 is 0 Å². The van der Waals surface area contributed by atoms with Gasteiger partial charge in [0, 0.05) is 11.5 Å². The molecule has 0 radical (unpaired) electrons. The Hall–Kier alpha value is -2.67. The zero-order valence-electron chi connectivity index (χ0n) is 13.2. The molecule has 3 aromatic rings. The molecule has 5 nitrogen and oxygen atoms in total. The number of hydrogen-bond donors (Lipinski definition) is 1. The number of carboxylic acid groups (broad SMARTS) is 1. The van der Waals surface area contributed by atoms with Crippen molar-refractivity contribution in [3.8, 4) is 11.4 Å². The maximum Gasteiger partial charge on any atom is 0.338 e. The van der Waals surface area contributed by atoms with Crippen LogP contribution in [0.5, 0.6) is 0 Å². The van der Waals surface area contributed by atoms with Crippen molar-refractivity contribution >= 4 is 28.5 Å². The fraction of sp³-hybridized carbons (Fsp3) is 0.176. The number of halogens is 3. The van der Waals surface area contributed by atoms with E-state index < -0.39 is 17.6 Å². The van der Waals surface area contributed by atoms with E-state index in [1.54, 1.807) is 13.8 Å². The third-order valence-corrected chi connectivity index (χ3v) is 3.90. The van der Waals surface area contributed by atoms with Crippen molar-refractivity contribution in [2.75, 3.05) is 0 Å². The standard InChI is InChI=1S/C17H12ClF2N3O2/c1-7(2)12-9-4-3-8(19)5-11(9)22-15(13(12)16(24)25)14-10(20)6-21-17(18)23-14/h3-7H,1-2H3,(H,24,25). The highest BCUT2D eigenvalue weighted by atomic mass is 35.5. The summed E-state index contributed by atoms with van der Waals surface area (Å²) in [6.45, 7) is 3.58. The highest BCUT2D eigenvalue weighted by Crippen LogP contribution is 2.35. The fourth-order valence-corrected chi connectivity index (χ4v) is 2.90. The number of carbonyl (C=O) groups is 1. The van der Waals surface area contributed by atoms with Crippen LogP contribution in [0.2, 0.25) is 5.28 Å². The molecule has 3 rings (SSSR count). The molecule has 0 unspecified atom stereocenters. The summed E-state index contributed by atoms with van der Waals surface area (Å²) in [6, 6.07) is 3.85. The zero-order chi connectivity index (χ0) is 18.3. The number of carboxylic acids is 1. The first-order valence-electron chi connectivity index (χ1n) is 7.34. The molecule has 0 saturated heterocycles. The number of pyridine rings is 1. The lowest BCUT2D eigenvalue weighted by Crippen LogP contribution is -2.11. The van der Waals surface area contributed by atoms with E-state index in [1.165, 1.54) is 12.1 Å². The van der Waals surface area contributed by atoms with E-state index in [1.807, 2.05) is 0 Å². The van der Waals surface area contributed by atoms with E-state index in [4.69, 9.17) is 11.6 Å². The molecule has 0 aliphatic rings. The quantitative estimate of drug-likeness (QED) is 0.696. The summed E-state index contributed by atoms with van der Waals surface area (Å²) < 4.78 is 27.8. The lowest BCUT2D eigenvalue weighted by molar-refractivity contribution is 0.0696. The summed E-state index contributed by atoms with van der Waals surface area (Å²) in [4.78, 5) is 23.4. The van der Waals surface area contributed by atoms with Gasteiger partial charge in [0.15, 0.2) is 5.82 Å². The second-order valence-corrected chi connectivity index (χ2v) is 6.04. The van der Waals surface area contributed by atoms with Crippen molar-refractivity contribution < 1.29 is 18.7 Å². The molecular weight excluding hydrogens is 352 g/mol. The normalized spacial score (nSPS) is 11.3. The summed E-state index contributed by atoms with van der Waals surface area (Å²) in [6.07, 6.45) is 0.836. The third-order valence-electron chi connectivity index (χ3n) is 3.72. The maximum absolute atomic E-state index is 14.2. The van der Waals surface area contributed by atoms with Crippen LogP contribution in [0, 0.1) is 11.6 Å². The molecule has 0 spiro atoms. The topological polar surface area (TPSA) is 76.0 Å². The number of fused-ring (bicyclic) bond motifs is 1. The first-order chi connectivity index (χ1) is 11.8. The van der Waals surface area contributed by atoms with Crippen molar-refractivity contribution in [2.45, 2.75) is 19.8 Å². The van der Waals surface area contributed by atoms with Crippen molar-refractivity contribution in [1.29, 1.82) is 0 Å². The second-order valence-electron chi connectivity index (χ2n) is 5.71. The third kappa shape index (κ3) is 3.02. The van der Waals surface area contributed by atoms with Crippen molar-refractivity contribution in [1.82, 2.24) is 15.0 Å². The van der Waals surface area contributed by atoms with E-state index in [2.05, 4.69) is 15.0 Å². The van der Waals surface area contributed by atoms with Gasteiger partial charge in [-0.3, -0.25) is 0 Å². The van der Waals surface area contributed by atoms with Crippen molar-refractivity contribution in [2.24, 2.45) is 0 Å². The SMILES string of the molecule is CC(C)c1c(C(=O)O)c(-c2nc(Cl)ncc2F)nc2cc(F)ccc12. The lowest BCUT2D eigenvalue weighted by atomic mass is 9.91. The van der Waals surface area contributed by atoms with Crippen molar-refractivity contribution in [3.05, 3.63) is 52.4 Å². The Kier molecular flexibility index (Phi) is 4.34. The predicted octanol–water partition coefficient (Wildman–Crippen LogP) is 4.45. The number of aromatic carboxylic acids is 1. The van der Waals surface area contributed by atoms with Crippen molar-refractivity contribution in [3.63, 3.8) is 0 Å². The Labute approximate surface area is 146 Å². The van der Waals surface area contributed by atoms with Gasteiger partial charge in [0.05, 0.1) is 17.3 Å². The van der Waals surface area contributed by atoms with Crippen LogP contribution >= 0.6 is 11.6 Å². The molecule has 1 N–H and O–H groups in total. The van der Waals surface area contributed by atoms with Crippen LogP contribution in [0.4, 0.5) is 8.78 Å².